The molecule has 0 saturated heterocycles. The van der Waals surface area contributed by atoms with Gasteiger partial charge in [-0.1, -0.05) is 6.92 Å². The van der Waals surface area contributed by atoms with Crippen LogP contribution >= 0.6 is 0 Å². The molecule has 188 valence electrons. The number of aryl methyl sites for hydroxylation is 2. The van der Waals surface area contributed by atoms with Crippen molar-refractivity contribution in [3.63, 3.8) is 0 Å². The minimum atomic E-state index is -0.759. The summed E-state index contributed by atoms with van der Waals surface area (Å²) in [7, 11) is 1.46. The normalized spacial score (nSPS) is 11.1. The van der Waals surface area contributed by atoms with Gasteiger partial charge in [-0.05, 0) is 36.6 Å². The van der Waals surface area contributed by atoms with Gasteiger partial charge in [-0.25, -0.2) is 28.7 Å². The standard InChI is InChI=1S/C25H25F2N5O4/c1-5-16-11-29-23(31-22(16)17-8-14(2)19(13-33)20(27)9-17)25(35)28-6-7-36-21-10-18(26)12-30-24(21)32(4)15(3)34/h6,8-12,33H,5,7,13H2,1-4H3. The molecule has 0 bridgehead atoms. The van der Waals surface area contributed by atoms with E-state index in [2.05, 4.69) is 19.9 Å². The lowest BCUT2D eigenvalue weighted by Crippen LogP contribution is -2.24. The Morgan fingerprint density at radius 2 is 1.94 bits per heavy atom. The van der Waals surface area contributed by atoms with Gasteiger partial charge in [0.25, 0.3) is 0 Å². The van der Waals surface area contributed by atoms with Crippen molar-refractivity contribution in [3.8, 4) is 17.0 Å². The van der Waals surface area contributed by atoms with Crippen molar-refractivity contribution in [2.75, 3.05) is 18.6 Å². The fourth-order valence-electron chi connectivity index (χ4n) is 3.36. The monoisotopic (exact) mass is 497 g/mol. The van der Waals surface area contributed by atoms with E-state index in [4.69, 9.17) is 4.74 Å². The predicted molar refractivity (Wildman–Crippen MR) is 129 cm³/mol. The second kappa shape index (κ2) is 11.5. The third-order valence-electron chi connectivity index (χ3n) is 5.40. The zero-order valence-electron chi connectivity index (χ0n) is 20.2. The van der Waals surface area contributed by atoms with E-state index in [0.29, 0.717) is 28.8 Å². The number of benzene rings is 1. The maximum atomic E-state index is 14.4. The maximum absolute atomic E-state index is 14.4. The Hall–Kier alpha value is -4.12. The molecular formula is C25H25F2N5O4. The van der Waals surface area contributed by atoms with Crippen LogP contribution in [-0.4, -0.2) is 51.7 Å². The van der Waals surface area contributed by atoms with Crippen LogP contribution in [0.5, 0.6) is 5.75 Å². The van der Waals surface area contributed by atoms with E-state index in [1.807, 2.05) is 6.92 Å². The van der Waals surface area contributed by atoms with Crippen LogP contribution in [0, 0.1) is 18.6 Å². The lowest BCUT2D eigenvalue weighted by molar-refractivity contribution is -0.116. The topological polar surface area (TPSA) is 118 Å². The average Bonchev–Trinajstić information content (AvgIpc) is 2.85. The molecule has 1 aromatic carbocycles. The largest absolute Gasteiger partial charge is 0.484 e. The number of aliphatic hydroxyl groups excluding tert-OH is 1. The highest BCUT2D eigenvalue weighted by Crippen LogP contribution is 2.27. The van der Waals surface area contributed by atoms with E-state index < -0.39 is 24.1 Å². The molecule has 2 heterocycles. The molecule has 2 aromatic heterocycles. The first-order valence-electron chi connectivity index (χ1n) is 11.0. The molecule has 36 heavy (non-hydrogen) atoms. The molecule has 0 aliphatic heterocycles. The predicted octanol–water partition coefficient (Wildman–Crippen LogP) is 3.45. The third kappa shape index (κ3) is 5.92. The minimum absolute atomic E-state index is 0.00107. The van der Waals surface area contributed by atoms with Gasteiger partial charge in [0.15, 0.2) is 11.6 Å². The third-order valence-corrected chi connectivity index (χ3v) is 5.40. The summed E-state index contributed by atoms with van der Waals surface area (Å²) >= 11 is 0. The van der Waals surface area contributed by atoms with E-state index in [1.54, 1.807) is 13.0 Å². The van der Waals surface area contributed by atoms with Crippen molar-refractivity contribution in [1.82, 2.24) is 15.0 Å². The molecule has 2 amide bonds. The summed E-state index contributed by atoms with van der Waals surface area (Å²) in [6, 6.07) is 4.01. The Labute approximate surface area is 206 Å². The van der Waals surface area contributed by atoms with Gasteiger partial charge in [0.05, 0.1) is 18.5 Å². The summed E-state index contributed by atoms with van der Waals surface area (Å²) in [6.07, 6.45) is 4.14. The van der Waals surface area contributed by atoms with Crippen molar-refractivity contribution in [3.05, 3.63) is 64.7 Å². The average molecular weight is 498 g/mol. The number of halogens is 2. The lowest BCUT2D eigenvalue weighted by Gasteiger charge is -2.17. The van der Waals surface area contributed by atoms with Crippen molar-refractivity contribution in [2.45, 2.75) is 33.8 Å². The SMILES string of the molecule is CCc1cnc(C(=O)N=CCOc2cc(F)cnc2N(C)C(C)=O)nc1-c1cc(C)c(CO)c(F)c1. The second-order valence-corrected chi connectivity index (χ2v) is 7.81. The van der Waals surface area contributed by atoms with Gasteiger partial charge in [0.2, 0.25) is 11.7 Å². The highest BCUT2D eigenvalue weighted by Gasteiger charge is 2.17. The molecule has 0 atom stereocenters. The molecule has 0 unspecified atom stereocenters. The van der Waals surface area contributed by atoms with E-state index in [9.17, 15) is 23.5 Å². The second-order valence-electron chi connectivity index (χ2n) is 7.81. The van der Waals surface area contributed by atoms with Crippen LogP contribution in [0.1, 0.15) is 41.2 Å². The fraction of sp³-hybridized carbons (Fsp3) is 0.280. The molecule has 9 nitrogen and oxygen atoms in total. The Balaban J connectivity index is 1.80. The van der Waals surface area contributed by atoms with Crippen LogP contribution in [0.25, 0.3) is 11.3 Å². The summed E-state index contributed by atoms with van der Waals surface area (Å²) in [5.74, 6) is -2.40. The van der Waals surface area contributed by atoms with Gasteiger partial charge in [-0.3, -0.25) is 14.5 Å². The first kappa shape index (κ1) is 26.5. The molecule has 1 N–H and O–H groups in total. The van der Waals surface area contributed by atoms with Crippen molar-refractivity contribution in [1.29, 1.82) is 0 Å². The Morgan fingerprint density at radius 3 is 2.58 bits per heavy atom. The number of hydrogen-bond acceptors (Lipinski definition) is 7. The van der Waals surface area contributed by atoms with E-state index >= 15 is 0 Å². The van der Waals surface area contributed by atoms with E-state index in [-0.39, 0.29) is 35.5 Å². The molecule has 0 saturated carbocycles. The van der Waals surface area contributed by atoms with Crippen molar-refractivity contribution >= 4 is 23.8 Å². The van der Waals surface area contributed by atoms with Gasteiger partial charge in [0, 0.05) is 43.6 Å². The van der Waals surface area contributed by atoms with Crippen LogP contribution in [0.3, 0.4) is 0 Å². The van der Waals surface area contributed by atoms with E-state index in [1.165, 1.54) is 31.1 Å². The Bertz CT molecular complexity index is 1310. The molecule has 0 fully saturated rings. The lowest BCUT2D eigenvalue weighted by atomic mass is 9.99. The summed E-state index contributed by atoms with van der Waals surface area (Å²) in [4.78, 5) is 41.4. The number of hydrogen-bond donors (Lipinski definition) is 1. The Kier molecular flexibility index (Phi) is 8.49. The quantitative estimate of drug-likeness (QED) is 0.474. The number of carbonyl (C=O) groups is 2. The number of pyridine rings is 1. The summed E-state index contributed by atoms with van der Waals surface area (Å²) < 4.78 is 33.5. The number of nitrogens with zero attached hydrogens (tertiary/aromatic N) is 5. The highest BCUT2D eigenvalue weighted by molar-refractivity contribution is 5.96. The maximum Gasteiger partial charge on any atom is 0.314 e. The molecule has 0 aliphatic rings. The van der Waals surface area contributed by atoms with Crippen LogP contribution < -0.4 is 9.64 Å². The molecule has 3 rings (SSSR count). The first-order chi connectivity index (χ1) is 17.2. The zero-order valence-corrected chi connectivity index (χ0v) is 20.2. The molecule has 0 spiro atoms. The van der Waals surface area contributed by atoms with Crippen LogP contribution in [0.2, 0.25) is 0 Å². The molecule has 3 aromatic rings. The fourth-order valence-corrected chi connectivity index (χ4v) is 3.36. The van der Waals surface area contributed by atoms with Gasteiger partial charge >= 0.3 is 5.91 Å². The molecular weight excluding hydrogens is 472 g/mol. The molecule has 0 radical (unpaired) electrons. The smallest absolute Gasteiger partial charge is 0.314 e. The number of rotatable bonds is 8. The van der Waals surface area contributed by atoms with Gasteiger partial charge in [-0.15, -0.1) is 0 Å². The minimum Gasteiger partial charge on any atom is -0.484 e. The van der Waals surface area contributed by atoms with Crippen molar-refractivity contribution < 1.29 is 28.2 Å². The van der Waals surface area contributed by atoms with Gasteiger partial charge in [-0.2, -0.15) is 0 Å². The number of carbonyl (C=O) groups excluding carboxylic acids is 2. The van der Waals surface area contributed by atoms with Crippen LogP contribution in [0.4, 0.5) is 14.6 Å². The number of anilines is 1. The van der Waals surface area contributed by atoms with Crippen LogP contribution in [0.15, 0.2) is 35.6 Å². The number of aliphatic hydroxyl groups is 1. The van der Waals surface area contributed by atoms with Crippen molar-refractivity contribution in [2.24, 2.45) is 4.99 Å². The summed E-state index contributed by atoms with van der Waals surface area (Å²) in [5.41, 5.74) is 2.28. The number of ether oxygens (including phenoxy) is 1. The number of aliphatic imine (C=N–C) groups is 1. The highest BCUT2D eigenvalue weighted by atomic mass is 19.1. The van der Waals surface area contributed by atoms with Crippen LogP contribution in [-0.2, 0) is 17.8 Å². The molecule has 11 heteroatoms. The summed E-state index contributed by atoms with van der Waals surface area (Å²) in [6.45, 7) is 4.23. The Morgan fingerprint density at radius 1 is 1.19 bits per heavy atom. The van der Waals surface area contributed by atoms with Gasteiger partial charge < -0.3 is 9.84 Å². The van der Waals surface area contributed by atoms with E-state index in [0.717, 1.165) is 18.5 Å². The number of amides is 2. The zero-order chi connectivity index (χ0) is 26.4. The number of aromatic nitrogens is 3. The first-order valence-corrected chi connectivity index (χ1v) is 11.0. The van der Waals surface area contributed by atoms with Gasteiger partial charge in [0.1, 0.15) is 18.2 Å². The summed E-state index contributed by atoms with van der Waals surface area (Å²) in [5, 5.41) is 9.36. The molecule has 0 aliphatic carbocycles.